The van der Waals surface area contributed by atoms with Crippen LogP contribution in [0.2, 0.25) is 5.02 Å². The lowest BCUT2D eigenvalue weighted by Crippen LogP contribution is -2.45. The number of hydrogen-bond acceptors (Lipinski definition) is 7. The van der Waals surface area contributed by atoms with Gasteiger partial charge in [0.1, 0.15) is 11.5 Å². The summed E-state index contributed by atoms with van der Waals surface area (Å²) in [6.45, 7) is 15.3. The van der Waals surface area contributed by atoms with Gasteiger partial charge in [-0.2, -0.15) is 0 Å². The third-order valence-electron chi connectivity index (χ3n) is 9.07. The number of aromatic amines is 1. The summed E-state index contributed by atoms with van der Waals surface area (Å²) in [5, 5.41) is 4.92. The number of carbonyl (C=O) groups excluding carboxylic acids is 1. The molecule has 45 heavy (non-hydrogen) atoms. The van der Waals surface area contributed by atoms with Gasteiger partial charge < -0.3 is 29.6 Å². The van der Waals surface area contributed by atoms with Crippen molar-refractivity contribution < 1.29 is 14.3 Å². The number of aromatic nitrogens is 3. The molecular formula is C35H49ClN6O3. The van der Waals surface area contributed by atoms with E-state index in [0.29, 0.717) is 11.6 Å². The van der Waals surface area contributed by atoms with Crippen LogP contribution in [0.1, 0.15) is 88.2 Å². The molecule has 1 aromatic carbocycles. The molecule has 0 bridgehead atoms. The number of halogens is 1. The number of carbonyl (C=O) groups is 1. The Morgan fingerprint density at radius 1 is 1.02 bits per heavy atom. The van der Waals surface area contributed by atoms with Gasteiger partial charge in [-0.05, 0) is 63.2 Å². The highest BCUT2D eigenvalue weighted by atomic mass is 35.5. The molecule has 0 unspecified atom stereocenters. The average molecular weight is 637 g/mol. The summed E-state index contributed by atoms with van der Waals surface area (Å²) in [6, 6.07) is 4.11. The number of benzene rings is 1. The van der Waals surface area contributed by atoms with Crippen LogP contribution in [-0.4, -0.2) is 72.6 Å². The van der Waals surface area contributed by atoms with E-state index in [9.17, 15) is 4.79 Å². The molecule has 0 saturated carbocycles. The van der Waals surface area contributed by atoms with Crippen molar-refractivity contribution >= 4 is 45.5 Å². The fraction of sp³-hybridized carbons (Fsp3) is 0.571. The molecule has 5 rings (SSSR count). The Bertz CT molecular complexity index is 1400. The summed E-state index contributed by atoms with van der Waals surface area (Å²) in [6.07, 6.45) is 13.2. The van der Waals surface area contributed by atoms with Crippen LogP contribution >= 0.6 is 11.6 Å². The first-order valence-electron chi connectivity index (χ1n) is 16.7. The highest BCUT2D eigenvalue weighted by Gasteiger charge is 2.29. The van der Waals surface area contributed by atoms with Gasteiger partial charge in [-0.15, -0.1) is 0 Å². The third-order valence-corrected chi connectivity index (χ3v) is 9.39. The van der Waals surface area contributed by atoms with E-state index in [2.05, 4.69) is 56.6 Å². The second-order valence-electron chi connectivity index (χ2n) is 12.4. The van der Waals surface area contributed by atoms with E-state index in [-0.39, 0.29) is 18.2 Å². The molecule has 2 fully saturated rings. The van der Waals surface area contributed by atoms with Crippen molar-refractivity contribution in [3.05, 3.63) is 53.6 Å². The summed E-state index contributed by atoms with van der Waals surface area (Å²) in [5.41, 5.74) is 4.53. The van der Waals surface area contributed by atoms with Gasteiger partial charge in [-0.1, -0.05) is 44.9 Å². The zero-order valence-corrected chi connectivity index (χ0v) is 27.9. The van der Waals surface area contributed by atoms with Crippen molar-refractivity contribution in [3.8, 4) is 0 Å². The number of allylic oxidation sites excluding steroid dienone is 1. The molecule has 0 spiro atoms. The average Bonchev–Trinajstić information content (AvgIpc) is 3.52. The van der Waals surface area contributed by atoms with Crippen LogP contribution in [-0.2, 0) is 9.47 Å². The first-order chi connectivity index (χ1) is 21.9. The predicted molar refractivity (Wildman–Crippen MR) is 183 cm³/mol. The number of rotatable bonds is 14. The number of H-pyrrole nitrogens is 1. The Morgan fingerprint density at radius 2 is 1.69 bits per heavy atom. The van der Waals surface area contributed by atoms with Crippen LogP contribution in [0, 0.1) is 5.92 Å². The standard InChI is InChI=1S/C35H49ClN6O3/c1-5-7-19-44-35(45-20-8-6-2)25-11-15-42(16-12-25)31-23-37-29(22-38-31)34(43)40-26-13-17-41(18-14-26)30-10-9-28(36)32-27(24(3)4)21-39-33(30)32/h9-10,21-23,25-26,35,39H,3,5-8,11-20H2,1-2,4H3,(H,40,43). The van der Waals surface area contributed by atoms with Crippen LogP contribution in [0.5, 0.6) is 0 Å². The maximum Gasteiger partial charge on any atom is 0.271 e. The summed E-state index contributed by atoms with van der Waals surface area (Å²) in [5.74, 6) is 1.01. The minimum atomic E-state index is -0.174. The highest BCUT2D eigenvalue weighted by Crippen LogP contribution is 2.37. The van der Waals surface area contributed by atoms with Crippen molar-refractivity contribution in [1.82, 2.24) is 20.3 Å². The number of unbranched alkanes of at least 4 members (excludes halogenated alkanes) is 2. The van der Waals surface area contributed by atoms with Crippen molar-refractivity contribution in [1.29, 1.82) is 0 Å². The lowest BCUT2D eigenvalue weighted by Gasteiger charge is -2.36. The second kappa shape index (κ2) is 15.9. The lowest BCUT2D eigenvalue weighted by atomic mass is 9.96. The van der Waals surface area contributed by atoms with Gasteiger partial charge >= 0.3 is 0 Å². The number of hydrogen-bond donors (Lipinski definition) is 2. The van der Waals surface area contributed by atoms with Crippen LogP contribution in [0.15, 0.2) is 37.3 Å². The number of ether oxygens (including phenoxy) is 2. The minimum Gasteiger partial charge on any atom is -0.370 e. The summed E-state index contributed by atoms with van der Waals surface area (Å²) >= 11 is 6.56. The molecule has 2 aliphatic heterocycles. The fourth-order valence-corrected chi connectivity index (χ4v) is 6.59. The van der Waals surface area contributed by atoms with Crippen LogP contribution in [0.4, 0.5) is 11.5 Å². The molecule has 0 atom stereocenters. The topological polar surface area (TPSA) is 95.6 Å². The molecule has 244 valence electrons. The lowest BCUT2D eigenvalue weighted by molar-refractivity contribution is -0.177. The Labute approximate surface area is 272 Å². The Kier molecular flexibility index (Phi) is 11.8. The summed E-state index contributed by atoms with van der Waals surface area (Å²) < 4.78 is 12.3. The Balaban J connectivity index is 1.11. The smallest absolute Gasteiger partial charge is 0.271 e. The molecule has 4 heterocycles. The zero-order chi connectivity index (χ0) is 31.8. The first kappa shape index (κ1) is 33.2. The molecule has 2 aliphatic rings. The number of fused-ring (bicyclic) bond motifs is 1. The van der Waals surface area contributed by atoms with Gasteiger partial charge in [0.2, 0.25) is 0 Å². The van der Waals surface area contributed by atoms with E-state index in [1.165, 1.54) is 0 Å². The molecule has 3 aromatic rings. The van der Waals surface area contributed by atoms with Gasteiger partial charge in [0, 0.05) is 68.5 Å². The van der Waals surface area contributed by atoms with Gasteiger partial charge in [0.25, 0.3) is 5.91 Å². The summed E-state index contributed by atoms with van der Waals surface area (Å²) in [7, 11) is 0. The van der Waals surface area contributed by atoms with Crippen molar-refractivity contribution in [2.75, 3.05) is 49.2 Å². The van der Waals surface area contributed by atoms with Crippen LogP contribution in [0.3, 0.4) is 0 Å². The Morgan fingerprint density at radius 3 is 2.29 bits per heavy atom. The first-order valence-corrected chi connectivity index (χ1v) is 17.1. The molecular weight excluding hydrogens is 588 g/mol. The fourth-order valence-electron chi connectivity index (χ4n) is 6.33. The van der Waals surface area contributed by atoms with Gasteiger partial charge in [-0.25, -0.2) is 9.97 Å². The Hall–Kier alpha value is -3.14. The minimum absolute atomic E-state index is 0.0821. The van der Waals surface area contributed by atoms with E-state index in [1.54, 1.807) is 12.4 Å². The van der Waals surface area contributed by atoms with Crippen LogP contribution < -0.4 is 15.1 Å². The van der Waals surface area contributed by atoms with Crippen molar-refractivity contribution in [3.63, 3.8) is 0 Å². The predicted octanol–water partition coefficient (Wildman–Crippen LogP) is 7.22. The zero-order valence-electron chi connectivity index (χ0n) is 27.1. The summed E-state index contributed by atoms with van der Waals surface area (Å²) in [4.78, 5) is 30.2. The van der Waals surface area contributed by atoms with Crippen molar-refractivity contribution in [2.45, 2.75) is 84.5 Å². The molecule has 1 amide bonds. The van der Waals surface area contributed by atoms with E-state index < -0.39 is 0 Å². The van der Waals surface area contributed by atoms with Crippen molar-refractivity contribution in [2.24, 2.45) is 5.92 Å². The largest absolute Gasteiger partial charge is 0.370 e. The number of amides is 1. The second-order valence-corrected chi connectivity index (χ2v) is 12.8. The molecule has 0 radical (unpaired) electrons. The third kappa shape index (κ3) is 8.18. The molecule has 9 nitrogen and oxygen atoms in total. The maximum absolute atomic E-state index is 13.1. The molecule has 2 saturated heterocycles. The molecule has 10 heteroatoms. The van der Waals surface area contributed by atoms with E-state index >= 15 is 0 Å². The quantitative estimate of drug-likeness (QED) is 0.142. The van der Waals surface area contributed by atoms with E-state index in [4.69, 9.17) is 21.1 Å². The normalized spacial score (nSPS) is 16.6. The number of piperidine rings is 2. The molecule has 2 aromatic heterocycles. The maximum atomic E-state index is 13.1. The highest BCUT2D eigenvalue weighted by molar-refractivity contribution is 6.36. The van der Waals surface area contributed by atoms with Gasteiger partial charge in [0.05, 0.1) is 28.6 Å². The SMILES string of the molecule is C=C(C)c1c[nH]c2c(N3CCC(NC(=O)c4cnc(N5CCC(C(OCCCC)OCCCC)CC5)cn4)CC3)ccc(Cl)c12. The number of nitrogens with one attached hydrogen (secondary N) is 2. The van der Waals surface area contributed by atoms with E-state index in [0.717, 1.165) is 129 Å². The van der Waals surface area contributed by atoms with Gasteiger partial charge in [0.15, 0.2) is 6.29 Å². The van der Waals surface area contributed by atoms with Crippen LogP contribution in [0.25, 0.3) is 16.5 Å². The van der Waals surface area contributed by atoms with Gasteiger partial charge in [-0.3, -0.25) is 4.79 Å². The number of anilines is 2. The van der Waals surface area contributed by atoms with E-state index in [1.807, 2.05) is 19.2 Å². The number of nitrogens with zero attached hydrogens (tertiary/aromatic N) is 4. The monoisotopic (exact) mass is 636 g/mol. The molecule has 2 N–H and O–H groups in total. The molecule has 0 aliphatic carbocycles.